The Labute approximate surface area is 153 Å². The van der Waals surface area contributed by atoms with Crippen molar-refractivity contribution in [2.45, 2.75) is 18.7 Å². The molecule has 1 aliphatic rings. The zero-order valence-corrected chi connectivity index (χ0v) is 15.7. The molecule has 2 aromatic rings. The molecule has 0 radical (unpaired) electrons. The van der Waals surface area contributed by atoms with Crippen molar-refractivity contribution in [2.24, 2.45) is 0 Å². The van der Waals surface area contributed by atoms with Gasteiger partial charge in [-0.15, -0.1) is 0 Å². The van der Waals surface area contributed by atoms with Gasteiger partial charge in [-0.25, -0.2) is 8.42 Å². The van der Waals surface area contributed by atoms with E-state index in [1.165, 1.54) is 16.4 Å². The van der Waals surface area contributed by atoms with Gasteiger partial charge in [-0.3, -0.25) is 4.79 Å². The number of carbonyl (C=O) groups is 1. The first-order chi connectivity index (χ1) is 12.4. The van der Waals surface area contributed by atoms with Crippen LogP contribution in [0.25, 0.3) is 0 Å². The number of anilines is 1. The van der Waals surface area contributed by atoms with Crippen LogP contribution in [0.2, 0.25) is 0 Å². The molecule has 0 atom stereocenters. The number of nitrogens with zero attached hydrogens (tertiary/aromatic N) is 1. The number of benzene rings is 2. The highest BCUT2D eigenvalue weighted by molar-refractivity contribution is 7.89. The highest BCUT2D eigenvalue weighted by Crippen LogP contribution is 2.20. The van der Waals surface area contributed by atoms with Gasteiger partial charge in [-0.1, -0.05) is 17.7 Å². The van der Waals surface area contributed by atoms with Crippen molar-refractivity contribution < 1.29 is 17.9 Å². The van der Waals surface area contributed by atoms with Crippen LogP contribution in [0.3, 0.4) is 0 Å². The van der Waals surface area contributed by atoms with Crippen molar-refractivity contribution >= 4 is 21.6 Å². The summed E-state index contributed by atoms with van der Waals surface area (Å²) in [6.07, 6.45) is 0. The summed E-state index contributed by atoms with van der Waals surface area (Å²) in [6.45, 7) is 5.33. The van der Waals surface area contributed by atoms with E-state index in [1.807, 2.05) is 32.0 Å². The highest BCUT2D eigenvalue weighted by Gasteiger charge is 2.26. The van der Waals surface area contributed by atoms with Crippen LogP contribution in [-0.4, -0.2) is 44.9 Å². The lowest BCUT2D eigenvalue weighted by Gasteiger charge is -2.26. The molecule has 1 amide bonds. The summed E-state index contributed by atoms with van der Waals surface area (Å²) >= 11 is 0. The monoisotopic (exact) mass is 374 g/mol. The number of sulfonamides is 1. The van der Waals surface area contributed by atoms with Gasteiger partial charge in [-0.05, 0) is 49.7 Å². The summed E-state index contributed by atoms with van der Waals surface area (Å²) in [7, 11) is -3.53. The Hall–Kier alpha value is -2.22. The van der Waals surface area contributed by atoms with Gasteiger partial charge in [-0.2, -0.15) is 4.31 Å². The number of rotatable bonds is 4. The van der Waals surface area contributed by atoms with Crippen LogP contribution in [-0.2, 0) is 14.8 Å². The molecule has 26 heavy (non-hydrogen) atoms. The molecule has 0 bridgehead atoms. The molecule has 1 aliphatic heterocycles. The average molecular weight is 374 g/mol. The molecule has 7 heteroatoms. The van der Waals surface area contributed by atoms with Crippen LogP contribution in [0.5, 0.6) is 0 Å². The Kier molecular flexibility index (Phi) is 5.41. The van der Waals surface area contributed by atoms with E-state index >= 15 is 0 Å². The minimum Gasteiger partial charge on any atom is -0.379 e. The fourth-order valence-electron chi connectivity index (χ4n) is 2.83. The number of nitrogens with one attached hydrogen (secondary N) is 1. The van der Waals surface area contributed by atoms with Crippen LogP contribution >= 0.6 is 0 Å². The molecule has 2 aromatic carbocycles. The van der Waals surface area contributed by atoms with E-state index in [-0.39, 0.29) is 10.8 Å². The first-order valence-electron chi connectivity index (χ1n) is 8.44. The smallest absolute Gasteiger partial charge is 0.255 e. The largest absolute Gasteiger partial charge is 0.379 e. The number of hydrogen-bond acceptors (Lipinski definition) is 4. The quantitative estimate of drug-likeness (QED) is 0.892. The fraction of sp³-hybridized carbons (Fsp3) is 0.316. The van der Waals surface area contributed by atoms with E-state index in [0.29, 0.717) is 37.6 Å². The predicted molar refractivity (Wildman–Crippen MR) is 99.9 cm³/mol. The maximum atomic E-state index is 12.6. The SMILES string of the molecule is Cc1ccc(C)c(C(=O)Nc2ccc(S(=O)(=O)N3CCOCC3)cc2)c1. The van der Waals surface area contributed by atoms with Gasteiger partial charge >= 0.3 is 0 Å². The van der Waals surface area contributed by atoms with E-state index < -0.39 is 10.0 Å². The summed E-state index contributed by atoms with van der Waals surface area (Å²) in [5, 5.41) is 2.82. The number of hydrogen-bond donors (Lipinski definition) is 1. The Balaban J connectivity index is 1.75. The van der Waals surface area contributed by atoms with Crippen LogP contribution in [0.4, 0.5) is 5.69 Å². The van der Waals surface area contributed by atoms with Crippen LogP contribution in [0.1, 0.15) is 21.5 Å². The van der Waals surface area contributed by atoms with E-state index in [9.17, 15) is 13.2 Å². The maximum absolute atomic E-state index is 12.6. The lowest BCUT2D eigenvalue weighted by molar-refractivity contribution is 0.0730. The molecule has 138 valence electrons. The first kappa shape index (κ1) is 18.6. The van der Waals surface area contributed by atoms with E-state index in [0.717, 1.165) is 11.1 Å². The average Bonchev–Trinajstić information content (AvgIpc) is 2.65. The minimum absolute atomic E-state index is 0.212. The molecule has 6 nitrogen and oxygen atoms in total. The van der Waals surface area contributed by atoms with Crippen molar-refractivity contribution in [2.75, 3.05) is 31.6 Å². The molecule has 1 heterocycles. The first-order valence-corrected chi connectivity index (χ1v) is 9.88. The number of morpholine rings is 1. The lowest BCUT2D eigenvalue weighted by atomic mass is 10.1. The number of carbonyl (C=O) groups excluding carboxylic acids is 1. The molecule has 0 aromatic heterocycles. The number of ether oxygens (including phenoxy) is 1. The molecule has 0 unspecified atom stereocenters. The van der Waals surface area contributed by atoms with Gasteiger partial charge in [0, 0.05) is 24.3 Å². The molecule has 3 rings (SSSR count). The van der Waals surface area contributed by atoms with Crippen molar-refractivity contribution in [3.05, 3.63) is 59.2 Å². The van der Waals surface area contributed by atoms with Crippen molar-refractivity contribution in [3.63, 3.8) is 0 Å². The van der Waals surface area contributed by atoms with Gasteiger partial charge in [0.05, 0.1) is 18.1 Å². The van der Waals surface area contributed by atoms with Crippen molar-refractivity contribution in [1.29, 1.82) is 0 Å². The highest BCUT2D eigenvalue weighted by atomic mass is 32.2. The predicted octanol–water partition coefficient (Wildman–Crippen LogP) is 2.58. The Bertz CT molecular complexity index is 902. The molecular weight excluding hydrogens is 352 g/mol. The molecule has 1 saturated heterocycles. The van der Waals surface area contributed by atoms with Gasteiger partial charge in [0.2, 0.25) is 10.0 Å². The van der Waals surface area contributed by atoms with Crippen LogP contribution in [0.15, 0.2) is 47.4 Å². The number of amides is 1. The molecule has 0 spiro atoms. The third kappa shape index (κ3) is 3.95. The van der Waals surface area contributed by atoms with E-state index in [2.05, 4.69) is 5.32 Å². The zero-order chi connectivity index (χ0) is 18.7. The molecule has 1 N–H and O–H groups in total. The van der Waals surface area contributed by atoms with E-state index in [4.69, 9.17) is 4.74 Å². The van der Waals surface area contributed by atoms with Gasteiger partial charge in [0.15, 0.2) is 0 Å². The third-order valence-electron chi connectivity index (χ3n) is 4.36. The molecular formula is C19H22N2O4S. The second-order valence-electron chi connectivity index (χ2n) is 6.31. The fourth-order valence-corrected chi connectivity index (χ4v) is 4.23. The van der Waals surface area contributed by atoms with Gasteiger partial charge < -0.3 is 10.1 Å². The minimum atomic E-state index is -3.53. The van der Waals surface area contributed by atoms with Crippen LogP contribution < -0.4 is 5.32 Å². The summed E-state index contributed by atoms with van der Waals surface area (Å²) in [6, 6.07) is 11.9. The number of aryl methyl sites for hydroxylation is 2. The van der Waals surface area contributed by atoms with Crippen LogP contribution in [0, 0.1) is 13.8 Å². The Morgan fingerprint density at radius 2 is 1.69 bits per heavy atom. The normalized spacial score (nSPS) is 15.6. The van der Waals surface area contributed by atoms with Crippen molar-refractivity contribution in [1.82, 2.24) is 4.31 Å². The van der Waals surface area contributed by atoms with Crippen molar-refractivity contribution in [3.8, 4) is 0 Å². The molecule has 0 aliphatic carbocycles. The maximum Gasteiger partial charge on any atom is 0.255 e. The second kappa shape index (κ2) is 7.57. The third-order valence-corrected chi connectivity index (χ3v) is 6.27. The summed E-state index contributed by atoms with van der Waals surface area (Å²) in [5.41, 5.74) is 3.05. The van der Waals surface area contributed by atoms with E-state index in [1.54, 1.807) is 12.1 Å². The Morgan fingerprint density at radius 1 is 1.04 bits per heavy atom. The lowest BCUT2D eigenvalue weighted by Crippen LogP contribution is -2.40. The summed E-state index contributed by atoms with van der Waals surface area (Å²) < 4.78 is 31.8. The zero-order valence-electron chi connectivity index (χ0n) is 14.9. The summed E-state index contributed by atoms with van der Waals surface area (Å²) in [4.78, 5) is 12.7. The van der Waals surface area contributed by atoms with Gasteiger partial charge in [0.25, 0.3) is 5.91 Å². The topological polar surface area (TPSA) is 75.7 Å². The summed E-state index contributed by atoms with van der Waals surface area (Å²) in [5.74, 6) is -0.213. The standard InChI is InChI=1S/C19H22N2O4S/c1-14-3-4-15(2)18(13-14)19(22)20-16-5-7-17(8-6-16)26(23,24)21-9-11-25-12-10-21/h3-8,13H,9-12H2,1-2H3,(H,20,22). The molecule has 1 fully saturated rings. The Morgan fingerprint density at radius 3 is 2.35 bits per heavy atom. The second-order valence-corrected chi connectivity index (χ2v) is 8.25. The molecule has 0 saturated carbocycles. The van der Waals surface area contributed by atoms with Gasteiger partial charge in [0.1, 0.15) is 0 Å².